The van der Waals surface area contributed by atoms with Crippen LogP contribution >= 0.6 is 11.6 Å². The van der Waals surface area contributed by atoms with Crippen molar-refractivity contribution in [3.8, 4) is 0 Å². The first-order valence-corrected chi connectivity index (χ1v) is 6.49. The van der Waals surface area contributed by atoms with Crippen molar-refractivity contribution >= 4 is 17.4 Å². The van der Waals surface area contributed by atoms with Gasteiger partial charge in [0, 0.05) is 12.4 Å². The Morgan fingerprint density at radius 1 is 1.21 bits per heavy atom. The molecule has 0 saturated heterocycles. The minimum absolute atomic E-state index is 0.000726. The summed E-state index contributed by atoms with van der Waals surface area (Å²) in [5.74, 6) is 0.940. The number of nitrogens with one attached hydrogen (secondary N) is 1. The quantitative estimate of drug-likeness (QED) is 0.808. The van der Waals surface area contributed by atoms with Crippen LogP contribution in [0.3, 0.4) is 0 Å². The average Bonchev–Trinajstić information content (AvgIpc) is 2.34. The summed E-state index contributed by atoms with van der Waals surface area (Å²) in [4.78, 5) is 0. The lowest BCUT2D eigenvalue weighted by Gasteiger charge is -2.24. The third-order valence-electron chi connectivity index (χ3n) is 2.69. The van der Waals surface area contributed by atoms with Gasteiger partial charge >= 0.3 is 6.18 Å². The molecule has 1 N–H and O–H groups in total. The van der Waals surface area contributed by atoms with Crippen molar-refractivity contribution in [3.63, 3.8) is 0 Å². The van der Waals surface area contributed by atoms with Crippen LogP contribution in [0.4, 0.5) is 19.0 Å². The van der Waals surface area contributed by atoms with Gasteiger partial charge in [0.05, 0.1) is 0 Å². The van der Waals surface area contributed by atoms with Gasteiger partial charge in [0.25, 0.3) is 0 Å². The third-order valence-corrected chi connectivity index (χ3v) is 2.96. The summed E-state index contributed by atoms with van der Waals surface area (Å²) in [7, 11) is 0. The molecule has 0 aromatic carbocycles. The van der Waals surface area contributed by atoms with E-state index in [-0.39, 0.29) is 5.41 Å². The fraction of sp³-hybridized carbons (Fsp3) is 0.667. The standard InChI is InChI=1S/C12H17ClF3N3/c1-11(2,6-3-7-13)8-17-10-5-4-9(18-19-10)12(14,15)16/h4-5H,3,6-8H2,1-2H3,(H,17,19). The molecular weight excluding hydrogens is 279 g/mol. The molecule has 1 heterocycles. The molecule has 0 amide bonds. The minimum atomic E-state index is -4.45. The van der Waals surface area contributed by atoms with Gasteiger partial charge in [-0.05, 0) is 30.4 Å². The summed E-state index contributed by atoms with van der Waals surface area (Å²) in [6, 6.07) is 2.20. The molecule has 1 aromatic heterocycles. The van der Waals surface area contributed by atoms with Gasteiger partial charge in [-0.2, -0.15) is 13.2 Å². The predicted octanol–water partition coefficient (Wildman–Crippen LogP) is 3.95. The monoisotopic (exact) mass is 295 g/mol. The van der Waals surface area contributed by atoms with Crippen molar-refractivity contribution in [1.82, 2.24) is 10.2 Å². The van der Waals surface area contributed by atoms with E-state index in [1.54, 1.807) is 0 Å². The molecule has 0 aliphatic carbocycles. The van der Waals surface area contributed by atoms with Crippen molar-refractivity contribution in [2.24, 2.45) is 5.41 Å². The lowest BCUT2D eigenvalue weighted by atomic mass is 9.88. The van der Waals surface area contributed by atoms with Crippen molar-refractivity contribution in [1.29, 1.82) is 0 Å². The Hall–Kier alpha value is -1.04. The lowest BCUT2D eigenvalue weighted by molar-refractivity contribution is -0.141. The van der Waals surface area contributed by atoms with Crippen molar-refractivity contribution < 1.29 is 13.2 Å². The van der Waals surface area contributed by atoms with Crippen LogP contribution in [-0.4, -0.2) is 22.6 Å². The Bertz CT molecular complexity index is 390. The summed E-state index contributed by atoms with van der Waals surface area (Å²) in [6.45, 7) is 4.72. The second-order valence-electron chi connectivity index (χ2n) is 5.11. The molecule has 1 aromatic rings. The molecule has 0 bridgehead atoms. The Morgan fingerprint density at radius 3 is 2.37 bits per heavy atom. The van der Waals surface area contributed by atoms with Crippen LogP contribution in [0.15, 0.2) is 12.1 Å². The maximum atomic E-state index is 12.3. The third kappa shape index (κ3) is 5.63. The average molecular weight is 296 g/mol. The lowest BCUT2D eigenvalue weighted by Crippen LogP contribution is -2.24. The van der Waals surface area contributed by atoms with E-state index in [0.717, 1.165) is 18.9 Å². The van der Waals surface area contributed by atoms with Gasteiger partial charge in [-0.25, -0.2) is 0 Å². The van der Waals surface area contributed by atoms with Gasteiger partial charge in [0.2, 0.25) is 0 Å². The fourth-order valence-corrected chi connectivity index (χ4v) is 1.67. The SMILES string of the molecule is CC(C)(CCCCl)CNc1ccc(C(F)(F)F)nn1. The second-order valence-corrected chi connectivity index (χ2v) is 5.49. The van der Waals surface area contributed by atoms with E-state index in [1.165, 1.54) is 6.07 Å². The number of halogens is 4. The van der Waals surface area contributed by atoms with E-state index in [1.807, 2.05) is 0 Å². The topological polar surface area (TPSA) is 37.8 Å². The van der Waals surface area contributed by atoms with Gasteiger partial charge in [-0.15, -0.1) is 21.8 Å². The molecule has 108 valence electrons. The highest BCUT2D eigenvalue weighted by Crippen LogP contribution is 2.27. The molecule has 0 atom stereocenters. The molecule has 0 spiro atoms. The number of aromatic nitrogens is 2. The Kier molecular flexibility index (Phi) is 5.40. The van der Waals surface area contributed by atoms with E-state index >= 15 is 0 Å². The fourth-order valence-electron chi connectivity index (χ4n) is 1.54. The molecule has 0 saturated carbocycles. The first kappa shape index (κ1) is 16.0. The number of nitrogens with zero attached hydrogens (tertiary/aromatic N) is 2. The number of alkyl halides is 4. The van der Waals surface area contributed by atoms with Crippen LogP contribution in [0.25, 0.3) is 0 Å². The zero-order chi connectivity index (χ0) is 14.5. The van der Waals surface area contributed by atoms with Crippen LogP contribution in [-0.2, 0) is 6.18 Å². The zero-order valence-corrected chi connectivity index (χ0v) is 11.6. The normalized spacial score (nSPS) is 12.5. The second kappa shape index (κ2) is 6.41. The summed E-state index contributed by atoms with van der Waals surface area (Å²) in [6.07, 6.45) is -2.63. The molecule has 7 heteroatoms. The smallest absolute Gasteiger partial charge is 0.368 e. The van der Waals surface area contributed by atoms with Crippen LogP contribution in [0.2, 0.25) is 0 Å². The van der Waals surface area contributed by atoms with E-state index in [9.17, 15) is 13.2 Å². The highest BCUT2D eigenvalue weighted by atomic mass is 35.5. The largest absolute Gasteiger partial charge is 0.435 e. The summed E-state index contributed by atoms with van der Waals surface area (Å²) in [5, 5.41) is 9.66. The number of hydrogen-bond donors (Lipinski definition) is 1. The van der Waals surface area contributed by atoms with E-state index in [0.29, 0.717) is 18.2 Å². The van der Waals surface area contributed by atoms with E-state index in [2.05, 4.69) is 29.4 Å². The number of hydrogen-bond acceptors (Lipinski definition) is 3. The van der Waals surface area contributed by atoms with Crippen LogP contribution in [0.5, 0.6) is 0 Å². The Balaban J connectivity index is 2.54. The zero-order valence-electron chi connectivity index (χ0n) is 10.9. The van der Waals surface area contributed by atoms with Gasteiger partial charge in [0.1, 0.15) is 5.82 Å². The molecule has 0 fully saturated rings. The van der Waals surface area contributed by atoms with Crippen LogP contribution in [0.1, 0.15) is 32.4 Å². The molecule has 0 aliphatic rings. The Morgan fingerprint density at radius 2 is 1.89 bits per heavy atom. The number of rotatable bonds is 6. The number of anilines is 1. The first-order valence-electron chi connectivity index (χ1n) is 5.95. The molecule has 0 unspecified atom stereocenters. The summed E-state index contributed by atoms with van der Waals surface area (Å²) in [5.41, 5.74) is -0.987. The van der Waals surface area contributed by atoms with E-state index in [4.69, 9.17) is 11.6 Å². The van der Waals surface area contributed by atoms with Crippen molar-refractivity contribution in [2.75, 3.05) is 17.7 Å². The van der Waals surface area contributed by atoms with E-state index < -0.39 is 11.9 Å². The van der Waals surface area contributed by atoms with Gasteiger partial charge in [0.15, 0.2) is 5.69 Å². The molecule has 0 aliphatic heterocycles. The highest BCUT2D eigenvalue weighted by Gasteiger charge is 2.32. The maximum Gasteiger partial charge on any atom is 0.435 e. The van der Waals surface area contributed by atoms with Crippen LogP contribution < -0.4 is 5.32 Å². The molecule has 0 radical (unpaired) electrons. The molecular formula is C12H17ClF3N3. The van der Waals surface area contributed by atoms with Gasteiger partial charge < -0.3 is 5.32 Å². The predicted molar refractivity (Wildman–Crippen MR) is 69.3 cm³/mol. The van der Waals surface area contributed by atoms with Crippen molar-refractivity contribution in [3.05, 3.63) is 17.8 Å². The first-order chi connectivity index (χ1) is 8.74. The van der Waals surface area contributed by atoms with Gasteiger partial charge in [-0.3, -0.25) is 0 Å². The van der Waals surface area contributed by atoms with Gasteiger partial charge in [-0.1, -0.05) is 13.8 Å². The van der Waals surface area contributed by atoms with Crippen LogP contribution in [0, 0.1) is 5.41 Å². The molecule has 3 nitrogen and oxygen atoms in total. The summed E-state index contributed by atoms with van der Waals surface area (Å²) < 4.78 is 36.9. The Labute approximate surface area is 115 Å². The molecule has 19 heavy (non-hydrogen) atoms. The minimum Gasteiger partial charge on any atom is -0.368 e. The summed E-state index contributed by atoms with van der Waals surface area (Å²) >= 11 is 5.64. The molecule has 1 rings (SSSR count). The highest BCUT2D eigenvalue weighted by molar-refractivity contribution is 6.17. The maximum absolute atomic E-state index is 12.3. The van der Waals surface area contributed by atoms with Crippen molar-refractivity contribution in [2.45, 2.75) is 32.9 Å².